The van der Waals surface area contributed by atoms with Gasteiger partial charge in [-0.15, -0.1) is 0 Å². The summed E-state index contributed by atoms with van der Waals surface area (Å²) < 4.78 is 23.2. The van der Waals surface area contributed by atoms with E-state index >= 15 is 0 Å². The van der Waals surface area contributed by atoms with Crippen LogP contribution in [0.4, 0.5) is 0 Å². The highest BCUT2D eigenvalue weighted by atomic mass is 32.2. The summed E-state index contributed by atoms with van der Waals surface area (Å²) in [6.45, 7) is 3.54. The van der Waals surface area contributed by atoms with Crippen molar-refractivity contribution in [2.75, 3.05) is 24.6 Å². The topological polar surface area (TPSA) is 70.6 Å². The molecule has 0 amide bonds. The molecule has 132 valence electrons. The molecule has 1 aliphatic carbocycles. The molecule has 0 radical (unpaired) electrons. The lowest BCUT2D eigenvalue weighted by molar-refractivity contribution is 0.557. The number of fused-ring (bicyclic) bond motifs is 1. The summed E-state index contributed by atoms with van der Waals surface area (Å²) in [5, 5.41) is 6.54. The number of aryl methyl sites for hydroxylation is 1. The van der Waals surface area contributed by atoms with Crippen LogP contribution in [-0.2, 0) is 16.3 Å². The molecule has 0 saturated carbocycles. The Labute approximate surface area is 144 Å². The van der Waals surface area contributed by atoms with E-state index in [0.717, 1.165) is 31.9 Å². The van der Waals surface area contributed by atoms with E-state index < -0.39 is 9.84 Å². The van der Waals surface area contributed by atoms with Gasteiger partial charge in [-0.25, -0.2) is 8.42 Å². The highest BCUT2D eigenvalue weighted by molar-refractivity contribution is 7.91. The summed E-state index contributed by atoms with van der Waals surface area (Å²) in [7, 11) is -2.88. The largest absolute Gasteiger partial charge is 0.357 e. The molecule has 1 aromatic carbocycles. The zero-order valence-corrected chi connectivity index (χ0v) is 15.1. The molecular formula is C18H27N3O2S. The van der Waals surface area contributed by atoms with Crippen LogP contribution >= 0.6 is 0 Å². The van der Waals surface area contributed by atoms with Gasteiger partial charge >= 0.3 is 0 Å². The van der Waals surface area contributed by atoms with Gasteiger partial charge in [-0.05, 0) is 43.7 Å². The molecule has 2 N–H and O–H groups in total. The van der Waals surface area contributed by atoms with Gasteiger partial charge in [-0.3, -0.25) is 4.99 Å². The fraction of sp³-hybridized carbons (Fsp3) is 0.611. The fourth-order valence-electron chi connectivity index (χ4n) is 3.67. The number of hydrogen-bond donors (Lipinski definition) is 2. The van der Waals surface area contributed by atoms with Crippen LogP contribution in [0.25, 0.3) is 0 Å². The van der Waals surface area contributed by atoms with Gasteiger partial charge in [-0.2, -0.15) is 0 Å². The van der Waals surface area contributed by atoms with Crippen molar-refractivity contribution < 1.29 is 8.42 Å². The van der Waals surface area contributed by atoms with E-state index in [1.54, 1.807) is 0 Å². The number of nitrogens with zero attached hydrogens (tertiary/aromatic N) is 1. The predicted octanol–water partition coefficient (Wildman–Crippen LogP) is 1.85. The van der Waals surface area contributed by atoms with Crippen LogP contribution in [0.5, 0.6) is 0 Å². The monoisotopic (exact) mass is 349 g/mol. The Morgan fingerprint density at radius 3 is 2.88 bits per heavy atom. The first-order valence-corrected chi connectivity index (χ1v) is 10.7. The lowest BCUT2D eigenvalue weighted by Gasteiger charge is -2.24. The van der Waals surface area contributed by atoms with E-state index in [0.29, 0.717) is 12.3 Å². The average molecular weight is 350 g/mol. The third-order valence-corrected chi connectivity index (χ3v) is 6.65. The molecule has 1 aromatic rings. The van der Waals surface area contributed by atoms with E-state index in [1.807, 2.05) is 6.92 Å². The molecule has 1 aliphatic heterocycles. The molecule has 1 heterocycles. The van der Waals surface area contributed by atoms with Gasteiger partial charge in [0.2, 0.25) is 0 Å². The molecule has 0 spiro atoms. The minimum absolute atomic E-state index is 0.0218. The third-order valence-electron chi connectivity index (χ3n) is 4.88. The van der Waals surface area contributed by atoms with Crippen LogP contribution in [0.2, 0.25) is 0 Å². The van der Waals surface area contributed by atoms with Crippen LogP contribution < -0.4 is 10.6 Å². The van der Waals surface area contributed by atoms with E-state index in [9.17, 15) is 8.42 Å². The van der Waals surface area contributed by atoms with Gasteiger partial charge in [0.15, 0.2) is 15.8 Å². The summed E-state index contributed by atoms with van der Waals surface area (Å²) in [5.41, 5.74) is 2.87. The Kier molecular flexibility index (Phi) is 5.43. The summed E-state index contributed by atoms with van der Waals surface area (Å²) in [4.78, 5) is 4.75. The normalized spacial score (nSPS) is 26.0. The first-order chi connectivity index (χ1) is 11.6. The molecule has 2 atom stereocenters. The maximum Gasteiger partial charge on any atom is 0.191 e. The maximum atomic E-state index is 11.6. The number of guanidine groups is 1. The van der Waals surface area contributed by atoms with Crippen molar-refractivity contribution in [3.05, 3.63) is 35.4 Å². The van der Waals surface area contributed by atoms with E-state index in [2.05, 4.69) is 34.9 Å². The second kappa shape index (κ2) is 7.55. The number of aliphatic imine (C=N–C) groups is 1. The van der Waals surface area contributed by atoms with Crippen LogP contribution in [0.1, 0.15) is 43.2 Å². The summed E-state index contributed by atoms with van der Waals surface area (Å²) in [6.07, 6.45) is 4.20. The van der Waals surface area contributed by atoms with Crippen molar-refractivity contribution in [2.24, 2.45) is 4.99 Å². The van der Waals surface area contributed by atoms with E-state index in [4.69, 9.17) is 4.99 Å². The molecule has 5 nitrogen and oxygen atoms in total. The van der Waals surface area contributed by atoms with Crippen LogP contribution in [0, 0.1) is 0 Å². The quantitative estimate of drug-likeness (QED) is 0.643. The fourth-order valence-corrected chi connectivity index (χ4v) is 5.34. The molecule has 1 fully saturated rings. The average Bonchev–Trinajstić information content (AvgIpc) is 2.91. The molecule has 2 unspecified atom stereocenters. The number of sulfone groups is 1. The Bertz CT molecular complexity index is 700. The van der Waals surface area contributed by atoms with E-state index in [-0.39, 0.29) is 17.5 Å². The van der Waals surface area contributed by atoms with Gasteiger partial charge in [-0.1, -0.05) is 24.3 Å². The number of hydrogen-bond acceptors (Lipinski definition) is 3. The maximum absolute atomic E-state index is 11.6. The molecule has 6 heteroatoms. The predicted molar refractivity (Wildman–Crippen MR) is 98.3 cm³/mol. The Morgan fingerprint density at radius 1 is 1.29 bits per heavy atom. The second-order valence-electron chi connectivity index (χ2n) is 6.75. The first kappa shape index (κ1) is 17.3. The van der Waals surface area contributed by atoms with Crippen LogP contribution in [0.3, 0.4) is 0 Å². The van der Waals surface area contributed by atoms with Crippen molar-refractivity contribution >= 4 is 15.8 Å². The molecule has 2 aliphatic rings. The van der Waals surface area contributed by atoms with Gasteiger partial charge in [0, 0.05) is 25.0 Å². The van der Waals surface area contributed by atoms with E-state index in [1.165, 1.54) is 17.5 Å². The van der Waals surface area contributed by atoms with Crippen LogP contribution in [-0.4, -0.2) is 45.0 Å². The lowest BCUT2D eigenvalue weighted by atomic mass is 9.83. The summed E-state index contributed by atoms with van der Waals surface area (Å²) >= 11 is 0. The number of rotatable bonds is 4. The minimum atomic E-state index is -2.88. The Hall–Kier alpha value is -1.56. The number of benzene rings is 1. The standard InChI is InChI=1S/C18H27N3O2S/c1-2-19-18(21-16-10-11-24(22,23)13-16)20-12-15-8-5-7-14-6-3-4-9-17(14)15/h3-4,6,9,15-16H,2,5,7-8,10-13H2,1H3,(H2,19,20,21). The number of nitrogens with one attached hydrogen (secondary N) is 2. The van der Waals surface area contributed by atoms with Gasteiger partial charge in [0.25, 0.3) is 0 Å². The third kappa shape index (κ3) is 4.29. The summed E-state index contributed by atoms with van der Waals surface area (Å²) in [5.74, 6) is 1.68. The minimum Gasteiger partial charge on any atom is -0.357 e. The Morgan fingerprint density at radius 2 is 2.12 bits per heavy atom. The summed E-state index contributed by atoms with van der Waals surface area (Å²) in [6, 6.07) is 8.63. The molecule has 1 saturated heterocycles. The van der Waals surface area contributed by atoms with Gasteiger partial charge in [0.05, 0.1) is 11.5 Å². The molecule has 24 heavy (non-hydrogen) atoms. The van der Waals surface area contributed by atoms with Crippen molar-refractivity contribution in [3.8, 4) is 0 Å². The second-order valence-corrected chi connectivity index (χ2v) is 8.98. The van der Waals surface area contributed by atoms with Crippen molar-refractivity contribution in [1.29, 1.82) is 0 Å². The van der Waals surface area contributed by atoms with Crippen molar-refractivity contribution in [3.63, 3.8) is 0 Å². The van der Waals surface area contributed by atoms with Crippen LogP contribution in [0.15, 0.2) is 29.3 Å². The first-order valence-electron chi connectivity index (χ1n) is 8.90. The lowest BCUT2D eigenvalue weighted by Crippen LogP contribution is -2.44. The SMILES string of the molecule is CCNC(=NCC1CCCc2ccccc21)NC1CCS(=O)(=O)C1. The zero-order chi connectivity index (χ0) is 17.0. The zero-order valence-electron chi connectivity index (χ0n) is 14.3. The molecular weight excluding hydrogens is 322 g/mol. The molecule has 0 bridgehead atoms. The molecule has 3 rings (SSSR count). The van der Waals surface area contributed by atoms with Crippen molar-refractivity contribution in [2.45, 2.75) is 44.6 Å². The molecule has 0 aromatic heterocycles. The van der Waals surface area contributed by atoms with Gasteiger partial charge in [0.1, 0.15) is 0 Å². The highest BCUT2D eigenvalue weighted by Gasteiger charge is 2.28. The van der Waals surface area contributed by atoms with Gasteiger partial charge < -0.3 is 10.6 Å². The highest BCUT2D eigenvalue weighted by Crippen LogP contribution is 2.31. The smallest absolute Gasteiger partial charge is 0.191 e. The Balaban J connectivity index is 1.66. The van der Waals surface area contributed by atoms with Crippen molar-refractivity contribution in [1.82, 2.24) is 10.6 Å².